The standard InChI is InChI=1S/C22H23F6NO3/c1-31-19(30)12-29-11-13-3-2-4-17-16(13)9-10-18(20(17)22(26,27)28)32-15-7-5-14(6-8-15)21(23,24)25/h2-4,9-10,14-15,29H,5-8,11-12H2,1H3/t14-,15+. The van der Waals surface area contributed by atoms with Crippen LogP contribution in [0, 0.1) is 5.92 Å². The van der Waals surface area contributed by atoms with Crippen molar-refractivity contribution in [3.63, 3.8) is 0 Å². The number of nitrogens with one attached hydrogen (secondary N) is 1. The number of rotatable bonds is 6. The number of hydrogen-bond donors (Lipinski definition) is 1. The highest BCUT2D eigenvalue weighted by atomic mass is 19.4. The Hall–Kier alpha value is -2.49. The van der Waals surface area contributed by atoms with Crippen molar-refractivity contribution >= 4 is 16.7 Å². The zero-order chi connectivity index (χ0) is 23.5. The van der Waals surface area contributed by atoms with Gasteiger partial charge in [0.15, 0.2) is 0 Å². The molecule has 2 aromatic rings. The molecule has 1 fully saturated rings. The molecule has 0 unspecified atom stereocenters. The Morgan fingerprint density at radius 1 is 1.00 bits per heavy atom. The third-order valence-corrected chi connectivity index (χ3v) is 5.64. The van der Waals surface area contributed by atoms with Crippen LogP contribution in [0.15, 0.2) is 30.3 Å². The van der Waals surface area contributed by atoms with Gasteiger partial charge in [-0.15, -0.1) is 0 Å². The van der Waals surface area contributed by atoms with E-state index >= 15 is 0 Å². The summed E-state index contributed by atoms with van der Waals surface area (Å²) in [5.74, 6) is -2.33. The van der Waals surface area contributed by atoms with E-state index in [0.717, 1.165) is 0 Å². The highest BCUT2D eigenvalue weighted by Gasteiger charge is 2.42. The topological polar surface area (TPSA) is 47.6 Å². The number of fused-ring (bicyclic) bond motifs is 1. The van der Waals surface area contributed by atoms with Gasteiger partial charge in [-0.05, 0) is 48.1 Å². The summed E-state index contributed by atoms with van der Waals surface area (Å²) >= 11 is 0. The lowest BCUT2D eigenvalue weighted by Gasteiger charge is -2.31. The number of hydrogen-bond acceptors (Lipinski definition) is 4. The molecule has 0 amide bonds. The average molecular weight is 463 g/mol. The smallest absolute Gasteiger partial charge is 0.420 e. The van der Waals surface area contributed by atoms with Gasteiger partial charge in [-0.1, -0.05) is 24.3 Å². The summed E-state index contributed by atoms with van der Waals surface area (Å²) in [5.41, 5.74) is -0.406. The van der Waals surface area contributed by atoms with Gasteiger partial charge in [-0.3, -0.25) is 4.79 Å². The molecule has 0 bridgehead atoms. The summed E-state index contributed by atoms with van der Waals surface area (Å²) in [4.78, 5) is 11.2. The van der Waals surface area contributed by atoms with Crippen LogP contribution in [-0.4, -0.2) is 31.9 Å². The number of esters is 1. The van der Waals surface area contributed by atoms with Gasteiger partial charge in [0.25, 0.3) is 0 Å². The fourth-order valence-corrected chi connectivity index (χ4v) is 4.01. The number of alkyl halides is 6. The highest BCUT2D eigenvalue weighted by molar-refractivity contribution is 5.91. The fraction of sp³-hybridized carbons (Fsp3) is 0.500. The highest BCUT2D eigenvalue weighted by Crippen LogP contribution is 2.44. The molecule has 2 aromatic carbocycles. The van der Waals surface area contributed by atoms with Gasteiger partial charge >= 0.3 is 18.3 Å². The van der Waals surface area contributed by atoms with Gasteiger partial charge in [0.05, 0.1) is 25.7 Å². The SMILES string of the molecule is COC(=O)CNCc1cccc2c(C(F)(F)F)c(O[C@H]3CC[C@@H](C(F)(F)F)CC3)ccc12. The maximum atomic E-state index is 14.0. The van der Waals surface area contributed by atoms with E-state index in [1.165, 1.54) is 31.4 Å². The zero-order valence-electron chi connectivity index (χ0n) is 17.3. The second kappa shape index (κ2) is 9.56. The lowest BCUT2D eigenvalue weighted by molar-refractivity contribution is -0.185. The number of benzene rings is 2. The summed E-state index contributed by atoms with van der Waals surface area (Å²) in [6.45, 7) is 0.0478. The molecule has 0 aromatic heterocycles. The average Bonchev–Trinajstić information content (AvgIpc) is 2.72. The van der Waals surface area contributed by atoms with Gasteiger partial charge in [-0.25, -0.2) is 0 Å². The molecule has 32 heavy (non-hydrogen) atoms. The van der Waals surface area contributed by atoms with Crippen LogP contribution < -0.4 is 10.1 Å². The minimum absolute atomic E-state index is 0.0387. The first-order valence-electron chi connectivity index (χ1n) is 10.1. The second-order valence-corrected chi connectivity index (χ2v) is 7.76. The van der Waals surface area contributed by atoms with Crippen LogP contribution in [0.1, 0.15) is 36.8 Å². The Morgan fingerprint density at radius 3 is 2.28 bits per heavy atom. The molecule has 176 valence electrons. The van der Waals surface area contributed by atoms with Crippen LogP contribution in [0.4, 0.5) is 26.3 Å². The molecule has 0 atom stereocenters. The van der Waals surface area contributed by atoms with E-state index < -0.39 is 35.9 Å². The fourth-order valence-electron chi connectivity index (χ4n) is 4.01. The Morgan fingerprint density at radius 2 is 1.69 bits per heavy atom. The summed E-state index contributed by atoms with van der Waals surface area (Å²) in [6.07, 6.45) is -10.00. The van der Waals surface area contributed by atoms with Crippen molar-refractivity contribution in [2.24, 2.45) is 5.92 Å². The van der Waals surface area contributed by atoms with E-state index in [9.17, 15) is 31.1 Å². The first kappa shape index (κ1) is 24.2. The van der Waals surface area contributed by atoms with Crippen LogP contribution >= 0.6 is 0 Å². The van der Waals surface area contributed by atoms with Crippen molar-refractivity contribution in [1.29, 1.82) is 0 Å². The number of carbonyl (C=O) groups excluding carboxylic acids is 1. The molecule has 1 N–H and O–H groups in total. The lowest BCUT2D eigenvalue weighted by Crippen LogP contribution is -2.32. The molecule has 4 nitrogen and oxygen atoms in total. The lowest BCUT2D eigenvalue weighted by atomic mass is 9.87. The first-order chi connectivity index (χ1) is 15.0. The molecule has 0 heterocycles. The summed E-state index contributed by atoms with van der Waals surface area (Å²) in [5, 5.41) is 3.09. The van der Waals surface area contributed by atoms with Gasteiger partial charge in [0.2, 0.25) is 0 Å². The number of carbonyl (C=O) groups is 1. The van der Waals surface area contributed by atoms with Crippen LogP contribution in [-0.2, 0) is 22.3 Å². The Bertz CT molecular complexity index is 949. The maximum absolute atomic E-state index is 14.0. The molecule has 0 saturated heterocycles. The molecule has 0 spiro atoms. The molecule has 1 aliphatic rings. The Labute approximate surface area is 180 Å². The predicted octanol–water partition coefficient (Wildman–Crippen LogP) is 5.62. The zero-order valence-corrected chi connectivity index (χ0v) is 17.3. The first-order valence-corrected chi connectivity index (χ1v) is 10.1. The van der Waals surface area contributed by atoms with Crippen LogP contribution in [0.25, 0.3) is 10.8 Å². The molecule has 1 saturated carbocycles. The predicted molar refractivity (Wildman–Crippen MR) is 105 cm³/mol. The normalized spacial score (nSPS) is 19.7. The van der Waals surface area contributed by atoms with Gasteiger partial charge < -0.3 is 14.8 Å². The minimum Gasteiger partial charge on any atom is -0.490 e. The van der Waals surface area contributed by atoms with E-state index in [2.05, 4.69) is 10.1 Å². The Balaban J connectivity index is 1.85. The van der Waals surface area contributed by atoms with E-state index in [-0.39, 0.29) is 49.9 Å². The van der Waals surface area contributed by atoms with Crippen LogP contribution in [0.5, 0.6) is 5.75 Å². The summed E-state index contributed by atoms with van der Waals surface area (Å²) in [6, 6.07) is 7.16. The van der Waals surface area contributed by atoms with Crippen molar-refractivity contribution < 1.29 is 40.6 Å². The molecule has 1 aliphatic carbocycles. The van der Waals surface area contributed by atoms with Crippen molar-refractivity contribution in [2.45, 2.75) is 50.7 Å². The van der Waals surface area contributed by atoms with Crippen molar-refractivity contribution in [1.82, 2.24) is 5.32 Å². The van der Waals surface area contributed by atoms with Crippen LogP contribution in [0.3, 0.4) is 0 Å². The molecule has 0 aliphatic heterocycles. The quantitative estimate of drug-likeness (QED) is 0.446. The molecule has 3 rings (SSSR count). The summed E-state index contributed by atoms with van der Waals surface area (Å²) < 4.78 is 90.6. The largest absolute Gasteiger partial charge is 0.490 e. The van der Waals surface area contributed by atoms with Crippen molar-refractivity contribution in [3.8, 4) is 5.75 Å². The Kier molecular flexibility index (Phi) is 7.22. The van der Waals surface area contributed by atoms with E-state index in [4.69, 9.17) is 4.74 Å². The third kappa shape index (κ3) is 5.65. The van der Waals surface area contributed by atoms with E-state index in [0.29, 0.717) is 10.9 Å². The van der Waals surface area contributed by atoms with Crippen molar-refractivity contribution in [3.05, 3.63) is 41.5 Å². The second-order valence-electron chi connectivity index (χ2n) is 7.76. The third-order valence-electron chi connectivity index (χ3n) is 5.64. The van der Waals surface area contributed by atoms with Gasteiger partial charge in [0, 0.05) is 6.54 Å². The molecule has 0 radical (unpaired) electrons. The molecular weight excluding hydrogens is 440 g/mol. The number of methoxy groups -OCH3 is 1. The van der Waals surface area contributed by atoms with E-state index in [1.807, 2.05) is 0 Å². The minimum atomic E-state index is -4.73. The number of ether oxygens (including phenoxy) is 2. The monoisotopic (exact) mass is 463 g/mol. The number of halogens is 6. The van der Waals surface area contributed by atoms with Gasteiger partial charge in [0.1, 0.15) is 11.3 Å². The molecule has 10 heteroatoms. The molecular formula is C22H23F6NO3. The maximum Gasteiger partial charge on any atom is 0.420 e. The van der Waals surface area contributed by atoms with Crippen molar-refractivity contribution in [2.75, 3.05) is 13.7 Å². The van der Waals surface area contributed by atoms with Crippen LogP contribution in [0.2, 0.25) is 0 Å². The van der Waals surface area contributed by atoms with Gasteiger partial charge in [-0.2, -0.15) is 26.3 Å². The summed E-state index contributed by atoms with van der Waals surface area (Å²) in [7, 11) is 1.23. The van der Waals surface area contributed by atoms with E-state index in [1.54, 1.807) is 6.07 Å².